The molecule has 3 nitrogen and oxygen atoms in total. The topological polar surface area (TPSA) is 48.1 Å². The highest BCUT2D eigenvalue weighted by molar-refractivity contribution is 9.11. The summed E-state index contributed by atoms with van der Waals surface area (Å²) >= 11 is 6.83. The molecule has 5 heteroatoms. The molecule has 1 heterocycles. The van der Waals surface area contributed by atoms with E-state index in [0.29, 0.717) is 5.88 Å². The van der Waals surface area contributed by atoms with Crippen LogP contribution in [0.25, 0.3) is 0 Å². The smallest absolute Gasteiger partial charge is 0.228 e. The van der Waals surface area contributed by atoms with E-state index in [4.69, 9.17) is 10.5 Å². The van der Waals surface area contributed by atoms with Gasteiger partial charge in [-0.15, -0.1) is 0 Å². The van der Waals surface area contributed by atoms with E-state index in [0.717, 1.165) is 21.8 Å². The molecule has 0 amide bonds. The normalized spacial score (nSPS) is 25.4. The number of aromatic nitrogens is 1. The molecule has 1 fully saturated rings. The van der Waals surface area contributed by atoms with Gasteiger partial charge in [0.05, 0.1) is 4.47 Å². The van der Waals surface area contributed by atoms with E-state index in [1.54, 1.807) is 6.20 Å². The van der Waals surface area contributed by atoms with Gasteiger partial charge in [0.1, 0.15) is 6.10 Å². The van der Waals surface area contributed by atoms with Gasteiger partial charge >= 0.3 is 0 Å². The Morgan fingerprint density at radius 3 is 2.76 bits per heavy atom. The van der Waals surface area contributed by atoms with Crippen molar-refractivity contribution in [3.8, 4) is 5.88 Å². The zero-order chi connectivity index (χ0) is 12.3. The number of pyridine rings is 1. The maximum absolute atomic E-state index is 6.13. The molecule has 1 aliphatic carbocycles. The lowest BCUT2D eigenvalue weighted by atomic mass is 10.1. The van der Waals surface area contributed by atoms with E-state index in [-0.39, 0.29) is 12.1 Å². The zero-order valence-electron chi connectivity index (χ0n) is 9.53. The van der Waals surface area contributed by atoms with E-state index in [1.807, 2.05) is 6.07 Å². The lowest BCUT2D eigenvalue weighted by molar-refractivity contribution is 0.155. The maximum atomic E-state index is 6.13. The molecule has 0 aromatic carbocycles. The van der Waals surface area contributed by atoms with Gasteiger partial charge in [0.2, 0.25) is 5.88 Å². The van der Waals surface area contributed by atoms with Crippen LogP contribution in [0.5, 0.6) is 5.88 Å². The van der Waals surface area contributed by atoms with E-state index in [9.17, 15) is 0 Å². The Kier molecular flexibility index (Phi) is 4.82. The molecule has 2 N–H and O–H groups in total. The SMILES string of the molecule is NC1CCCCCC1Oc1ncc(Br)cc1Br. The van der Waals surface area contributed by atoms with Crippen LogP contribution in [0.15, 0.2) is 21.2 Å². The number of ether oxygens (including phenoxy) is 1. The van der Waals surface area contributed by atoms with Gasteiger partial charge in [0.25, 0.3) is 0 Å². The number of hydrogen-bond acceptors (Lipinski definition) is 3. The van der Waals surface area contributed by atoms with Gasteiger partial charge in [-0.3, -0.25) is 0 Å². The minimum Gasteiger partial charge on any atom is -0.472 e. The Labute approximate surface area is 118 Å². The van der Waals surface area contributed by atoms with Gasteiger partial charge in [-0.05, 0) is 57.2 Å². The van der Waals surface area contributed by atoms with Crippen LogP contribution >= 0.6 is 31.9 Å². The second kappa shape index (κ2) is 6.16. The number of halogens is 2. The van der Waals surface area contributed by atoms with Crippen molar-refractivity contribution in [1.29, 1.82) is 0 Å². The molecule has 2 unspecified atom stereocenters. The van der Waals surface area contributed by atoms with Crippen LogP contribution in [0.2, 0.25) is 0 Å². The molecule has 0 saturated heterocycles. The number of nitrogens with zero attached hydrogens (tertiary/aromatic N) is 1. The van der Waals surface area contributed by atoms with Gasteiger partial charge in [-0.2, -0.15) is 0 Å². The first kappa shape index (κ1) is 13.3. The lowest BCUT2D eigenvalue weighted by Crippen LogP contribution is -2.38. The molecular formula is C12H16Br2N2O. The number of hydrogen-bond donors (Lipinski definition) is 1. The van der Waals surface area contributed by atoms with Gasteiger partial charge in [-0.1, -0.05) is 12.8 Å². The second-order valence-corrected chi connectivity index (χ2v) is 6.17. The monoisotopic (exact) mass is 362 g/mol. The molecule has 94 valence electrons. The first-order chi connectivity index (χ1) is 8.16. The van der Waals surface area contributed by atoms with Crippen LogP contribution in [-0.4, -0.2) is 17.1 Å². The van der Waals surface area contributed by atoms with Gasteiger partial charge in [0, 0.05) is 16.7 Å². The Bertz CT molecular complexity index is 387. The minimum atomic E-state index is 0.0856. The molecule has 0 radical (unpaired) electrons. The average molecular weight is 364 g/mol. The Morgan fingerprint density at radius 1 is 1.24 bits per heavy atom. The molecule has 17 heavy (non-hydrogen) atoms. The molecule has 2 atom stereocenters. The van der Waals surface area contributed by atoms with Gasteiger partial charge in [-0.25, -0.2) is 4.98 Å². The van der Waals surface area contributed by atoms with E-state index in [1.165, 1.54) is 19.3 Å². The van der Waals surface area contributed by atoms with Crippen LogP contribution in [-0.2, 0) is 0 Å². The lowest BCUT2D eigenvalue weighted by Gasteiger charge is -2.22. The summed E-state index contributed by atoms with van der Waals surface area (Å²) in [6, 6.07) is 2.06. The van der Waals surface area contributed by atoms with Crippen LogP contribution in [0.3, 0.4) is 0 Å². The highest BCUT2D eigenvalue weighted by Gasteiger charge is 2.23. The molecule has 0 bridgehead atoms. The van der Waals surface area contributed by atoms with E-state index >= 15 is 0 Å². The molecule has 2 rings (SSSR count). The summed E-state index contributed by atoms with van der Waals surface area (Å²) in [4.78, 5) is 4.27. The van der Waals surface area contributed by atoms with Crippen LogP contribution < -0.4 is 10.5 Å². The summed E-state index contributed by atoms with van der Waals surface area (Å²) in [6.07, 6.45) is 7.53. The fourth-order valence-electron chi connectivity index (χ4n) is 2.08. The van der Waals surface area contributed by atoms with Crippen molar-refractivity contribution >= 4 is 31.9 Å². The minimum absolute atomic E-state index is 0.0856. The summed E-state index contributed by atoms with van der Waals surface area (Å²) in [6.45, 7) is 0. The predicted molar refractivity (Wildman–Crippen MR) is 75.1 cm³/mol. The van der Waals surface area contributed by atoms with Gasteiger partial charge < -0.3 is 10.5 Å². The van der Waals surface area contributed by atoms with Crippen LogP contribution in [0.4, 0.5) is 0 Å². The van der Waals surface area contributed by atoms with Crippen LogP contribution in [0.1, 0.15) is 32.1 Å². The van der Waals surface area contributed by atoms with Crippen molar-refractivity contribution < 1.29 is 4.74 Å². The van der Waals surface area contributed by atoms with Crippen molar-refractivity contribution in [3.63, 3.8) is 0 Å². The first-order valence-corrected chi connectivity index (χ1v) is 7.48. The maximum Gasteiger partial charge on any atom is 0.228 e. The van der Waals surface area contributed by atoms with Crippen molar-refractivity contribution in [2.45, 2.75) is 44.2 Å². The quantitative estimate of drug-likeness (QED) is 0.816. The molecule has 1 aromatic heterocycles. The first-order valence-electron chi connectivity index (χ1n) is 5.90. The van der Waals surface area contributed by atoms with E-state index in [2.05, 4.69) is 36.8 Å². The highest BCUT2D eigenvalue weighted by atomic mass is 79.9. The van der Waals surface area contributed by atoms with Crippen molar-refractivity contribution in [3.05, 3.63) is 21.2 Å². The summed E-state index contributed by atoms with van der Waals surface area (Å²) in [5.41, 5.74) is 6.13. The molecular weight excluding hydrogens is 348 g/mol. The third-order valence-corrected chi connectivity index (χ3v) is 4.04. The number of rotatable bonds is 2. The number of nitrogens with two attached hydrogens (primary N) is 1. The molecule has 0 aliphatic heterocycles. The summed E-state index contributed by atoms with van der Waals surface area (Å²) in [7, 11) is 0. The van der Waals surface area contributed by atoms with Crippen molar-refractivity contribution in [2.75, 3.05) is 0 Å². The Morgan fingerprint density at radius 2 is 2.00 bits per heavy atom. The van der Waals surface area contributed by atoms with Gasteiger partial charge in [0.15, 0.2) is 0 Å². The zero-order valence-corrected chi connectivity index (χ0v) is 12.7. The standard InChI is InChI=1S/C12H16Br2N2O/c13-8-6-9(14)12(16-7-8)17-11-5-3-1-2-4-10(11)15/h6-7,10-11H,1-5,15H2. The van der Waals surface area contributed by atoms with Crippen LogP contribution in [0, 0.1) is 0 Å². The fraction of sp³-hybridized carbons (Fsp3) is 0.583. The summed E-state index contributed by atoms with van der Waals surface area (Å²) < 4.78 is 7.73. The predicted octanol–water partition coefficient (Wildman–Crippen LogP) is 3.65. The van der Waals surface area contributed by atoms with E-state index < -0.39 is 0 Å². The fourth-order valence-corrected chi connectivity index (χ4v) is 3.16. The third kappa shape index (κ3) is 3.66. The Balaban J connectivity index is 2.08. The molecule has 0 spiro atoms. The molecule has 1 aromatic rings. The molecule has 1 saturated carbocycles. The Hall–Kier alpha value is -0.130. The average Bonchev–Trinajstić information content (AvgIpc) is 2.48. The van der Waals surface area contributed by atoms with Crippen molar-refractivity contribution in [2.24, 2.45) is 5.73 Å². The summed E-state index contributed by atoms with van der Waals surface area (Å²) in [5, 5.41) is 0. The highest BCUT2D eigenvalue weighted by Crippen LogP contribution is 2.28. The largest absolute Gasteiger partial charge is 0.472 e. The second-order valence-electron chi connectivity index (χ2n) is 4.40. The molecule has 1 aliphatic rings. The van der Waals surface area contributed by atoms with Crippen molar-refractivity contribution in [1.82, 2.24) is 4.98 Å². The summed E-state index contributed by atoms with van der Waals surface area (Å²) in [5.74, 6) is 0.635. The third-order valence-electron chi connectivity index (χ3n) is 3.04.